The molecule has 0 aromatic heterocycles. The van der Waals surface area contributed by atoms with E-state index in [1.54, 1.807) is 18.2 Å². The number of halogens is 1. The van der Waals surface area contributed by atoms with E-state index in [2.05, 4.69) is 0 Å². The van der Waals surface area contributed by atoms with Gasteiger partial charge in [0.05, 0.1) is 25.3 Å². The lowest BCUT2D eigenvalue weighted by molar-refractivity contribution is -0.139. The maximum atomic E-state index is 13.4. The highest BCUT2D eigenvalue weighted by atomic mass is 19.1. The summed E-state index contributed by atoms with van der Waals surface area (Å²) in [6, 6.07) is 9.55. The average Bonchev–Trinajstić information content (AvgIpc) is 3.07. The van der Waals surface area contributed by atoms with E-state index in [9.17, 15) is 19.1 Å². The molecular formula is C26H31FN2O5. The zero-order valence-corrected chi connectivity index (χ0v) is 20.0. The summed E-state index contributed by atoms with van der Waals surface area (Å²) in [6.07, 6.45) is 1.47. The standard InChI is InChI=1S/C26H31FN2O5/c1-5-15-34-20-12-9-18(16-21(20)33-4)23-22(24(30)17-7-10-19(27)11-8-17)25(31)26(32)29(23)14-6-13-28(2)3/h7-12,16,23,30H,5-6,13-15H2,1-4H3/b24-22-. The highest BCUT2D eigenvalue weighted by Gasteiger charge is 2.46. The van der Waals surface area contributed by atoms with Crippen LogP contribution in [0.5, 0.6) is 11.5 Å². The summed E-state index contributed by atoms with van der Waals surface area (Å²) < 4.78 is 24.7. The zero-order valence-electron chi connectivity index (χ0n) is 20.0. The average molecular weight is 471 g/mol. The van der Waals surface area contributed by atoms with Crippen LogP contribution in [0.25, 0.3) is 5.76 Å². The first-order chi connectivity index (χ1) is 16.3. The molecule has 1 amide bonds. The molecule has 1 saturated heterocycles. The van der Waals surface area contributed by atoms with E-state index >= 15 is 0 Å². The molecule has 0 bridgehead atoms. The summed E-state index contributed by atoms with van der Waals surface area (Å²) in [7, 11) is 5.38. The molecule has 3 rings (SSSR count). The van der Waals surface area contributed by atoms with Crippen molar-refractivity contribution in [2.24, 2.45) is 0 Å². The van der Waals surface area contributed by atoms with Crippen molar-refractivity contribution in [1.29, 1.82) is 0 Å². The van der Waals surface area contributed by atoms with Gasteiger partial charge in [0.25, 0.3) is 11.7 Å². The van der Waals surface area contributed by atoms with E-state index in [1.807, 2.05) is 25.9 Å². The Morgan fingerprint density at radius 2 is 1.82 bits per heavy atom. The van der Waals surface area contributed by atoms with Crippen molar-refractivity contribution < 1.29 is 28.6 Å². The molecule has 1 atom stereocenters. The van der Waals surface area contributed by atoms with Crippen LogP contribution >= 0.6 is 0 Å². The van der Waals surface area contributed by atoms with Crippen LogP contribution in [0.2, 0.25) is 0 Å². The number of nitrogens with zero attached hydrogens (tertiary/aromatic N) is 2. The number of aliphatic hydroxyl groups excluding tert-OH is 1. The van der Waals surface area contributed by atoms with E-state index in [1.165, 1.54) is 36.3 Å². The molecule has 1 unspecified atom stereocenters. The Hall–Kier alpha value is -3.39. The van der Waals surface area contributed by atoms with Crippen molar-refractivity contribution in [3.05, 3.63) is 65.0 Å². The Bertz CT molecular complexity index is 1070. The second-order valence-corrected chi connectivity index (χ2v) is 8.41. The summed E-state index contributed by atoms with van der Waals surface area (Å²) in [4.78, 5) is 29.6. The molecule has 1 N–H and O–H groups in total. The molecule has 1 aliphatic rings. The predicted molar refractivity (Wildman–Crippen MR) is 127 cm³/mol. The molecule has 2 aromatic rings. The van der Waals surface area contributed by atoms with Crippen molar-refractivity contribution in [3.8, 4) is 11.5 Å². The fraction of sp³-hybridized carbons (Fsp3) is 0.385. The number of ether oxygens (including phenoxy) is 2. The van der Waals surface area contributed by atoms with Crippen LogP contribution in [-0.2, 0) is 9.59 Å². The van der Waals surface area contributed by atoms with Gasteiger partial charge in [-0.1, -0.05) is 13.0 Å². The van der Waals surface area contributed by atoms with E-state index in [0.29, 0.717) is 36.6 Å². The smallest absolute Gasteiger partial charge is 0.295 e. The minimum Gasteiger partial charge on any atom is -0.507 e. The molecule has 1 fully saturated rings. The Kier molecular flexibility index (Phi) is 8.28. The summed E-state index contributed by atoms with van der Waals surface area (Å²) in [5, 5.41) is 11.1. The van der Waals surface area contributed by atoms with E-state index in [4.69, 9.17) is 9.47 Å². The number of Topliss-reactive ketones (excluding diaryl/α,β-unsaturated/α-hetero) is 1. The van der Waals surface area contributed by atoms with Crippen LogP contribution in [0.3, 0.4) is 0 Å². The largest absolute Gasteiger partial charge is 0.507 e. The Labute approximate surface area is 199 Å². The molecular weight excluding hydrogens is 439 g/mol. The maximum Gasteiger partial charge on any atom is 0.295 e. The van der Waals surface area contributed by atoms with Crippen molar-refractivity contribution in [3.63, 3.8) is 0 Å². The Morgan fingerprint density at radius 1 is 1.12 bits per heavy atom. The summed E-state index contributed by atoms with van der Waals surface area (Å²) in [5.41, 5.74) is 0.826. The van der Waals surface area contributed by atoms with Gasteiger partial charge in [-0.3, -0.25) is 9.59 Å². The number of hydrogen-bond donors (Lipinski definition) is 1. The fourth-order valence-electron chi connectivity index (χ4n) is 3.96. The number of amides is 1. The lowest BCUT2D eigenvalue weighted by Crippen LogP contribution is -2.32. The minimum absolute atomic E-state index is 0.0364. The third-order valence-electron chi connectivity index (χ3n) is 5.63. The van der Waals surface area contributed by atoms with Gasteiger partial charge in [0.1, 0.15) is 11.6 Å². The van der Waals surface area contributed by atoms with Crippen LogP contribution < -0.4 is 9.47 Å². The molecule has 0 aliphatic carbocycles. The second-order valence-electron chi connectivity index (χ2n) is 8.41. The molecule has 0 saturated carbocycles. The second kappa shape index (κ2) is 11.2. The number of aliphatic hydroxyl groups is 1. The topological polar surface area (TPSA) is 79.3 Å². The number of hydrogen-bond acceptors (Lipinski definition) is 6. The molecule has 1 heterocycles. The lowest BCUT2D eigenvalue weighted by Gasteiger charge is -2.26. The van der Waals surface area contributed by atoms with Crippen molar-refractivity contribution in [2.45, 2.75) is 25.8 Å². The van der Waals surface area contributed by atoms with Crippen LogP contribution in [0.4, 0.5) is 4.39 Å². The van der Waals surface area contributed by atoms with Gasteiger partial charge in [0, 0.05) is 12.1 Å². The van der Waals surface area contributed by atoms with Gasteiger partial charge in [-0.2, -0.15) is 0 Å². The van der Waals surface area contributed by atoms with Crippen LogP contribution in [0.15, 0.2) is 48.0 Å². The minimum atomic E-state index is -0.818. The van der Waals surface area contributed by atoms with Gasteiger partial charge in [-0.05, 0) is 75.4 Å². The molecule has 0 radical (unpaired) electrons. The maximum absolute atomic E-state index is 13.4. The number of likely N-dealkylation sites (tertiary alicyclic amines) is 1. The molecule has 7 nitrogen and oxygen atoms in total. The first-order valence-electron chi connectivity index (χ1n) is 11.3. The monoisotopic (exact) mass is 470 g/mol. The number of carbonyl (C=O) groups is 2. The molecule has 2 aromatic carbocycles. The summed E-state index contributed by atoms with van der Waals surface area (Å²) >= 11 is 0. The van der Waals surface area contributed by atoms with Gasteiger partial charge >= 0.3 is 0 Å². The van der Waals surface area contributed by atoms with Crippen molar-refractivity contribution in [1.82, 2.24) is 9.80 Å². The number of rotatable bonds is 10. The summed E-state index contributed by atoms with van der Waals surface area (Å²) in [5.74, 6) is -1.25. The van der Waals surface area contributed by atoms with E-state index in [0.717, 1.165) is 13.0 Å². The Balaban J connectivity index is 2.10. The van der Waals surface area contributed by atoms with E-state index in [-0.39, 0.29) is 16.9 Å². The number of ketones is 1. The third kappa shape index (κ3) is 5.39. The van der Waals surface area contributed by atoms with Crippen LogP contribution in [-0.4, -0.2) is 67.5 Å². The van der Waals surface area contributed by atoms with Crippen LogP contribution in [0.1, 0.15) is 36.9 Å². The number of methoxy groups -OCH3 is 1. The summed E-state index contributed by atoms with van der Waals surface area (Å²) in [6.45, 7) is 3.56. The van der Waals surface area contributed by atoms with Crippen molar-refractivity contribution in [2.75, 3.05) is 40.9 Å². The van der Waals surface area contributed by atoms with Crippen LogP contribution in [0, 0.1) is 5.82 Å². The molecule has 8 heteroatoms. The fourth-order valence-corrected chi connectivity index (χ4v) is 3.96. The molecule has 182 valence electrons. The molecule has 0 spiro atoms. The quantitative estimate of drug-likeness (QED) is 0.321. The van der Waals surface area contributed by atoms with Gasteiger partial charge in [0.15, 0.2) is 11.5 Å². The normalized spacial score (nSPS) is 17.5. The van der Waals surface area contributed by atoms with Crippen molar-refractivity contribution >= 4 is 17.4 Å². The highest BCUT2D eigenvalue weighted by Crippen LogP contribution is 2.42. The van der Waals surface area contributed by atoms with Gasteiger partial charge < -0.3 is 24.4 Å². The van der Waals surface area contributed by atoms with E-state index < -0.39 is 23.5 Å². The number of benzene rings is 2. The third-order valence-corrected chi connectivity index (χ3v) is 5.63. The van der Waals surface area contributed by atoms with Gasteiger partial charge in [-0.15, -0.1) is 0 Å². The zero-order chi connectivity index (χ0) is 24.8. The Morgan fingerprint density at radius 3 is 2.44 bits per heavy atom. The first kappa shape index (κ1) is 25.2. The SMILES string of the molecule is CCCOc1ccc(C2/C(=C(/O)c3ccc(F)cc3)C(=O)C(=O)N2CCCN(C)C)cc1OC. The van der Waals surface area contributed by atoms with Gasteiger partial charge in [-0.25, -0.2) is 4.39 Å². The molecule has 34 heavy (non-hydrogen) atoms. The van der Waals surface area contributed by atoms with Gasteiger partial charge in [0.2, 0.25) is 0 Å². The first-order valence-corrected chi connectivity index (χ1v) is 11.3. The number of carbonyl (C=O) groups excluding carboxylic acids is 2. The lowest BCUT2D eigenvalue weighted by atomic mass is 9.95. The molecule has 1 aliphatic heterocycles. The predicted octanol–water partition coefficient (Wildman–Crippen LogP) is 4.00. The highest BCUT2D eigenvalue weighted by molar-refractivity contribution is 6.46.